The van der Waals surface area contributed by atoms with Gasteiger partial charge in [0.2, 0.25) is 0 Å². The van der Waals surface area contributed by atoms with Crippen LogP contribution in [0.15, 0.2) is 36.4 Å². The maximum absolute atomic E-state index is 4.34. The lowest BCUT2D eigenvalue weighted by atomic mass is 9.85. The van der Waals surface area contributed by atoms with Crippen LogP contribution in [0.5, 0.6) is 0 Å². The van der Waals surface area contributed by atoms with E-state index in [2.05, 4.69) is 63.4 Å². The summed E-state index contributed by atoms with van der Waals surface area (Å²) in [5.74, 6) is 0.557. The molecule has 1 aromatic carbocycles. The van der Waals surface area contributed by atoms with E-state index in [4.69, 9.17) is 0 Å². The first kappa shape index (κ1) is 13.4. The molecule has 0 radical (unpaired) electrons. The van der Waals surface area contributed by atoms with E-state index in [0.717, 1.165) is 13.0 Å². The summed E-state index contributed by atoms with van der Waals surface area (Å²) in [7, 11) is 0. The van der Waals surface area contributed by atoms with Crippen molar-refractivity contribution >= 4 is 0 Å². The largest absolute Gasteiger partial charge is 0.290 e. The summed E-state index contributed by atoms with van der Waals surface area (Å²) in [4.78, 5) is 2.59. The van der Waals surface area contributed by atoms with Crippen molar-refractivity contribution in [3.05, 3.63) is 47.5 Å². The molecule has 0 saturated heterocycles. The molecule has 98 valence electrons. The molecule has 0 N–H and O–H groups in total. The number of nitrogens with zero attached hydrogens (tertiary/aromatic N) is 1. The lowest BCUT2D eigenvalue weighted by Crippen LogP contribution is -2.46. The summed E-state index contributed by atoms with van der Waals surface area (Å²) in [6, 6.07) is 9.90. The van der Waals surface area contributed by atoms with Crippen LogP contribution in [-0.4, -0.2) is 17.0 Å². The van der Waals surface area contributed by atoms with Gasteiger partial charge in [0.05, 0.1) is 0 Å². The Morgan fingerprint density at radius 2 is 1.78 bits per heavy atom. The van der Waals surface area contributed by atoms with Crippen LogP contribution < -0.4 is 0 Å². The minimum atomic E-state index is 0.500. The fourth-order valence-electron chi connectivity index (χ4n) is 2.81. The first-order valence-electron chi connectivity index (χ1n) is 7.02. The van der Waals surface area contributed by atoms with Gasteiger partial charge < -0.3 is 0 Å². The summed E-state index contributed by atoms with van der Waals surface area (Å²) in [5, 5.41) is 0. The predicted molar refractivity (Wildman–Crippen MR) is 78.6 cm³/mol. The van der Waals surface area contributed by atoms with Crippen molar-refractivity contribution in [2.75, 3.05) is 0 Å². The second-order valence-electron chi connectivity index (χ2n) is 5.98. The molecular weight excluding hydrogens is 218 g/mol. The van der Waals surface area contributed by atoms with E-state index >= 15 is 0 Å². The molecule has 0 spiro atoms. The summed E-state index contributed by atoms with van der Waals surface area (Å²) in [6.45, 7) is 14.5. The Balaban J connectivity index is 2.32. The van der Waals surface area contributed by atoms with E-state index in [-0.39, 0.29) is 0 Å². The van der Waals surface area contributed by atoms with Gasteiger partial charge in [0.15, 0.2) is 0 Å². The second kappa shape index (κ2) is 5.27. The zero-order valence-corrected chi connectivity index (χ0v) is 12.1. The van der Waals surface area contributed by atoms with E-state index in [9.17, 15) is 0 Å². The quantitative estimate of drug-likeness (QED) is 0.724. The van der Waals surface area contributed by atoms with E-state index < -0.39 is 0 Å². The Morgan fingerprint density at radius 3 is 2.33 bits per heavy atom. The van der Waals surface area contributed by atoms with Gasteiger partial charge >= 0.3 is 0 Å². The maximum Gasteiger partial charge on any atom is 0.0354 e. The molecule has 0 fully saturated rings. The van der Waals surface area contributed by atoms with Crippen LogP contribution in [0.25, 0.3) is 0 Å². The van der Waals surface area contributed by atoms with Gasteiger partial charge in [-0.25, -0.2) is 0 Å². The fourth-order valence-corrected chi connectivity index (χ4v) is 2.81. The van der Waals surface area contributed by atoms with Crippen molar-refractivity contribution in [2.45, 2.75) is 52.7 Å². The van der Waals surface area contributed by atoms with Crippen LogP contribution in [0.3, 0.4) is 0 Å². The molecule has 1 nitrogen and oxygen atoms in total. The molecule has 2 rings (SSSR count). The minimum Gasteiger partial charge on any atom is -0.290 e. The molecule has 0 aromatic heterocycles. The van der Waals surface area contributed by atoms with Crippen molar-refractivity contribution in [2.24, 2.45) is 5.92 Å². The highest BCUT2D eigenvalue weighted by Crippen LogP contribution is 2.30. The Hall–Kier alpha value is -1.08. The summed E-state index contributed by atoms with van der Waals surface area (Å²) in [6.07, 6.45) is 1.12. The Morgan fingerprint density at radius 1 is 1.17 bits per heavy atom. The Kier molecular flexibility index (Phi) is 3.91. The number of benzene rings is 1. The summed E-state index contributed by atoms with van der Waals surface area (Å²) < 4.78 is 0. The average molecular weight is 243 g/mol. The van der Waals surface area contributed by atoms with Gasteiger partial charge in [-0.3, -0.25) is 4.90 Å². The first-order chi connectivity index (χ1) is 8.50. The SMILES string of the molecule is C=C(C(C)C)C1Cc2ccccc2CN1C(C)C. The topological polar surface area (TPSA) is 3.24 Å². The third-order valence-electron chi connectivity index (χ3n) is 4.12. The molecule has 18 heavy (non-hydrogen) atoms. The Bertz CT molecular complexity index is 431. The molecule has 1 aromatic rings. The highest BCUT2D eigenvalue weighted by Gasteiger charge is 2.30. The van der Waals surface area contributed by atoms with Crippen molar-refractivity contribution in [3.8, 4) is 0 Å². The van der Waals surface area contributed by atoms with E-state index in [1.807, 2.05) is 0 Å². The predicted octanol–water partition coefficient (Wildman–Crippen LogP) is 4.03. The molecule has 0 amide bonds. The third kappa shape index (κ3) is 2.51. The zero-order chi connectivity index (χ0) is 13.3. The minimum absolute atomic E-state index is 0.500. The van der Waals surface area contributed by atoms with Gasteiger partial charge in [0.25, 0.3) is 0 Å². The maximum atomic E-state index is 4.34. The highest BCUT2D eigenvalue weighted by atomic mass is 15.2. The van der Waals surface area contributed by atoms with E-state index in [0.29, 0.717) is 18.0 Å². The highest BCUT2D eigenvalue weighted by molar-refractivity contribution is 5.33. The van der Waals surface area contributed by atoms with Crippen LogP contribution >= 0.6 is 0 Å². The molecule has 1 heteroatoms. The van der Waals surface area contributed by atoms with Crippen LogP contribution in [0, 0.1) is 5.92 Å². The van der Waals surface area contributed by atoms with Gasteiger partial charge in [-0.2, -0.15) is 0 Å². The Labute approximate surface area is 112 Å². The summed E-state index contributed by atoms with van der Waals surface area (Å²) in [5.41, 5.74) is 4.36. The van der Waals surface area contributed by atoms with Gasteiger partial charge in [0.1, 0.15) is 0 Å². The number of rotatable bonds is 3. The molecule has 0 aliphatic carbocycles. The lowest BCUT2D eigenvalue weighted by molar-refractivity contribution is 0.146. The van der Waals surface area contributed by atoms with Crippen molar-refractivity contribution in [3.63, 3.8) is 0 Å². The van der Waals surface area contributed by atoms with E-state index in [1.54, 1.807) is 0 Å². The second-order valence-corrected chi connectivity index (χ2v) is 5.98. The van der Waals surface area contributed by atoms with E-state index in [1.165, 1.54) is 16.7 Å². The molecule has 1 aliphatic rings. The van der Waals surface area contributed by atoms with Gasteiger partial charge in [-0.15, -0.1) is 0 Å². The van der Waals surface area contributed by atoms with Crippen LogP contribution in [0.4, 0.5) is 0 Å². The van der Waals surface area contributed by atoms with Crippen molar-refractivity contribution in [1.82, 2.24) is 4.90 Å². The van der Waals surface area contributed by atoms with Crippen LogP contribution in [0.2, 0.25) is 0 Å². The van der Waals surface area contributed by atoms with Crippen molar-refractivity contribution in [1.29, 1.82) is 0 Å². The van der Waals surface area contributed by atoms with Crippen LogP contribution in [-0.2, 0) is 13.0 Å². The van der Waals surface area contributed by atoms with Gasteiger partial charge in [-0.1, -0.05) is 50.3 Å². The van der Waals surface area contributed by atoms with Gasteiger partial charge in [0, 0.05) is 18.6 Å². The molecule has 0 bridgehead atoms. The molecular formula is C17H25N. The molecule has 1 atom stereocenters. The molecule has 0 saturated carbocycles. The smallest absolute Gasteiger partial charge is 0.0354 e. The molecule has 1 heterocycles. The standard InChI is InChI=1S/C17H25N/c1-12(2)14(5)17-10-15-8-6-7-9-16(15)11-18(17)13(3)4/h6-9,12-13,17H,5,10-11H2,1-4H3. The van der Waals surface area contributed by atoms with Gasteiger partial charge in [-0.05, 0) is 37.3 Å². The summed E-state index contributed by atoms with van der Waals surface area (Å²) >= 11 is 0. The number of hydrogen-bond acceptors (Lipinski definition) is 1. The average Bonchev–Trinajstić information content (AvgIpc) is 2.36. The zero-order valence-electron chi connectivity index (χ0n) is 12.1. The fraction of sp³-hybridized carbons (Fsp3) is 0.529. The normalized spacial score (nSPS) is 20.2. The molecule has 1 unspecified atom stereocenters. The molecule has 1 aliphatic heterocycles. The lowest BCUT2D eigenvalue weighted by Gasteiger charge is -2.41. The van der Waals surface area contributed by atoms with Crippen LogP contribution in [0.1, 0.15) is 38.8 Å². The number of fused-ring (bicyclic) bond motifs is 1. The monoisotopic (exact) mass is 243 g/mol. The number of hydrogen-bond donors (Lipinski definition) is 0. The first-order valence-corrected chi connectivity index (χ1v) is 7.02. The van der Waals surface area contributed by atoms with Crippen molar-refractivity contribution < 1.29 is 0 Å². The third-order valence-corrected chi connectivity index (χ3v) is 4.12.